The van der Waals surface area contributed by atoms with E-state index in [0.717, 1.165) is 0 Å². The Balaban J connectivity index is 3.38. The van der Waals surface area contributed by atoms with E-state index < -0.39 is 36.9 Å². The highest BCUT2D eigenvalue weighted by molar-refractivity contribution is 5.79. The quantitative estimate of drug-likeness (QED) is 0.454. The fraction of sp³-hybridized carbons (Fsp3) is 0.250. The number of hydrogen-bond donors (Lipinski definition) is 1. The Morgan fingerprint density at radius 3 is 2.00 bits per heavy atom. The van der Waals surface area contributed by atoms with Crippen LogP contribution >= 0.6 is 0 Å². The van der Waals surface area contributed by atoms with Gasteiger partial charge in [0.1, 0.15) is 11.3 Å². The van der Waals surface area contributed by atoms with Gasteiger partial charge in [-0.15, -0.1) is 0 Å². The molecule has 92 valence electrons. The molecule has 0 saturated carbocycles. The van der Waals surface area contributed by atoms with Gasteiger partial charge in [-0.1, -0.05) is 0 Å². The average molecular weight is 249 g/mol. The van der Waals surface area contributed by atoms with Crippen LogP contribution in [0.3, 0.4) is 0 Å². The molecule has 0 radical (unpaired) electrons. The van der Waals surface area contributed by atoms with E-state index in [9.17, 15) is 35.1 Å². The molecule has 0 saturated heterocycles. The van der Waals surface area contributed by atoms with Gasteiger partial charge < -0.3 is 5.11 Å². The van der Waals surface area contributed by atoms with Gasteiger partial charge in [-0.25, -0.2) is 25.0 Å². The van der Waals surface area contributed by atoms with Crippen molar-refractivity contribution in [2.24, 2.45) is 0 Å². The van der Waals surface area contributed by atoms with Gasteiger partial charge in [-0.05, 0) is 0 Å². The first kappa shape index (κ1) is 12.1. The third-order valence-electron chi connectivity index (χ3n) is 1.85. The Labute approximate surface area is 90.5 Å². The van der Waals surface area contributed by atoms with E-state index in [1.807, 2.05) is 0 Å². The minimum absolute atomic E-state index is 0.237. The second-order valence-electron chi connectivity index (χ2n) is 2.69. The average Bonchev–Trinajstić information content (AvgIpc) is 2.57. The van der Waals surface area contributed by atoms with Crippen LogP contribution in [0.4, 0.5) is 0 Å². The molecule has 1 atom stereocenters. The van der Waals surface area contributed by atoms with Crippen LogP contribution in [0, 0.1) is 30.3 Å². The lowest BCUT2D eigenvalue weighted by molar-refractivity contribution is -0.856. The molecule has 13 nitrogen and oxygen atoms in total. The number of rotatable bonds is 4. The van der Waals surface area contributed by atoms with Crippen molar-refractivity contribution in [1.29, 1.82) is 0 Å². The van der Waals surface area contributed by atoms with Gasteiger partial charge in [-0.3, -0.25) is 10.1 Å². The Hall–Kier alpha value is -2.99. The van der Waals surface area contributed by atoms with E-state index in [1.54, 1.807) is 0 Å². The first-order valence-electron chi connectivity index (χ1n) is 3.70. The summed E-state index contributed by atoms with van der Waals surface area (Å²) in [4.78, 5) is 40.8. The lowest BCUT2D eigenvalue weighted by Gasteiger charge is -2.19. The zero-order valence-electron chi connectivity index (χ0n) is 7.70. The summed E-state index contributed by atoms with van der Waals surface area (Å²) in [6.07, 6.45) is 0.556. The first-order valence-corrected chi connectivity index (χ1v) is 3.70. The molecule has 0 aromatic heterocycles. The minimum atomic E-state index is -3.34. The summed E-state index contributed by atoms with van der Waals surface area (Å²) in [5, 5.41) is 36.2. The van der Waals surface area contributed by atoms with E-state index in [2.05, 4.69) is 0 Å². The maximum absolute atomic E-state index is 10.8. The summed E-state index contributed by atoms with van der Waals surface area (Å²) in [6, 6.07) is 0. The maximum atomic E-state index is 10.8. The summed E-state index contributed by atoms with van der Waals surface area (Å²) in [7, 11) is 0. The maximum Gasteiger partial charge on any atom is 0.486 e. The summed E-state index contributed by atoms with van der Waals surface area (Å²) in [5.41, 5.74) is -3.34. The van der Waals surface area contributed by atoms with E-state index >= 15 is 0 Å². The molecule has 0 fully saturated rings. The molecule has 1 heterocycles. The summed E-state index contributed by atoms with van der Waals surface area (Å²) in [5.74, 6) is -2.22. The van der Waals surface area contributed by atoms with E-state index in [0.29, 0.717) is 6.20 Å². The molecule has 0 aromatic rings. The number of carboxylic acids is 1. The van der Waals surface area contributed by atoms with Crippen LogP contribution in [0.2, 0.25) is 0 Å². The summed E-state index contributed by atoms with van der Waals surface area (Å²) >= 11 is 0. The van der Waals surface area contributed by atoms with Crippen molar-refractivity contribution in [1.82, 2.24) is 10.2 Å². The van der Waals surface area contributed by atoms with Crippen molar-refractivity contribution < 1.29 is 24.9 Å². The highest BCUT2D eigenvalue weighted by Crippen LogP contribution is 2.27. The zero-order valence-corrected chi connectivity index (χ0v) is 7.70. The molecule has 17 heavy (non-hydrogen) atoms. The molecule has 13 heteroatoms. The molecule has 0 spiro atoms. The smallest absolute Gasteiger partial charge is 0.474 e. The lowest BCUT2D eigenvalue weighted by Crippen LogP contribution is -2.63. The zero-order chi connectivity index (χ0) is 13.4. The molecule has 0 aliphatic carbocycles. The predicted molar refractivity (Wildman–Crippen MR) is 44.2 cm³/mol. The van der Waals surface area contributed by atoms with Crippen molar-refractivity contribution in [2.75, 3.05) is 0 Å². The highest BCUT2D eigenvalue weighted by atomic mass is 16.7. The van der Waals surface area contributed by atoms with Crippen LogP contribution < -0.4 is 0 Å². The van der Waals surface area contributed by atoms with Gasteiger partial charge in [0.15, 0.2) is 10.1 Å². The van der Waals surface area contributed by atoms with Crippen LogP contribution in [0.1, 0.15) is 0 Å². The van der Waals surface area contributed by atoms with E-state index in [-0.39, 0.29) is 6.08 Å². The van der Waals surface area contributed by atoms with Crippen LogP contribution in [0.5, 0.6) is 0 Å². The van der Waals surface area contributed by atoms with Gasteiger partial charge in [-0.2, -0.15) is 0 Å². The van der Waals surface area contributed by atoms with Crippen LogP contribution in [-0.4, -0.2) is 42.0 Å². The minimum Gasteiger partial charge on any atom is -0.474 e. The Bertz CT molecular complexity index is 429. The SMILES string of the molecule is O=C(O)C1([N+](=O)[O-])C=CN([N+](=O)[O-])N1[N+](=O)[O-]. The number of carbonyl (C=O) groups is 1. The van der Waals surface area contributed by atoms with Crippen molar-refractivity contribution in [3.8, 4) is 0 Å². The van der Waals surface area contributed by atoms with Gasteiger partial charge in [0, 0.05) is 0 Å². The van der Waals surface area contributed by atoms with Crippen molar-refractivity contribution in [2.45, 2.75) is 5.66 Å². The van der Waals surface area contributed by atoms with Crippen molar-refractivity contribution >= 4 is 5.97 Å². The molecule has 0 amide bonds. The van der Waals surface area contributed by atoms with Crippen molar-refractivity contribution in [3.63, 3.8) is 0 Å². The summed E-state index contributed by atoms with van der Waals surface area (Å²) in [6.45, 7) is 0. The normalized spacial score (nSPS) is 22.6. The number of hydrazine groups is 3. The van der Waals surface area contributed by atoms with Crippen LogP contribution in [-0.2, 0) is 4.79 Å². The number of nitro groups is 3. The first-order chi connectivity index (χ1) is 7.75. The molecular weight excluding hydrogens is 246 g/mol. The number of nitrogens with zero attached hydrogens (tertiary/aromatic N) is 5. The Kier molecular flexibility index (Phi) is 2.52. The molecular formula is C4H3N5O8. The predicted octanol–water partition coefficient (Wildman–Crippen LogP) is -1.53. The highest BCUT2D eigenvalue weighted by Gasteiger charge is 2.70. The Morgan fingerprint density at radius 2 is 1.71 bits per heavy atom. The molecule has 1 aliphatic heterocycles. The standard InChI is InChI=1S/C4H3N5O8/c10-3(11)4(7(12)13)1-2-5(8(14)15)6(4)9(16)17/h1-2H,(H,10,11). The third-order valence-corrected chi connectivity index (χ3v) is 1.85. The van der Waals surface area contributed by atoms with E-state index in [1.165, 1.54) is 0 Å². The fourth-order valence-electron chi connectivity index (χ4n) is 1.15. The molecule has 1 N–H and O–H groups in total. The largest absolute Gasteiger partial charge is 0.486 e. The lowest BCUT2D eigenvalue weighted by atomic mass is 10.2. The number of carboxylic acid groups (broad SMARTS) is 1. The molecule has 1 unspecified atom stereocenters. The molecule has 1 rings (SSSR count). The topological polar surface area (TPSA) is 173 Å². The second-order valence-corrected chi connectivity index (χ2v) is 2.69. The van der Waals surface area contributed by atoms with E-state index in [4.69, 9.17) is 5.11 Å². The van der Waals surface area contributed by atoms with Crippen LogP contribution in [0.25, 0.3) is 0 Å². The summed E-state index contributed by atoms with van der Waals surface area (Å²) < 4.78 is 0. The molecule has 0 bridgehead atoms. The monoisotopic (exact) mass is 249 g/mol. The third kappa shape index (κ3) is 1.45. The van der Waals surface area contributed by atoms with Gasteiger partial charge in [0.05, 0.1) is 16.1 Å². The van der Waals surface area contributed by atoms with Crippen LogP contribution in [0.15, 0.2) is 12.3 Å². The molecule has 1 aliphatic rings. The fourth-order valence-corrected chi connectivity index (χ4v) is 1.15. The van der Waals surface area contributed by atoms with Crippen molar-refractivity contribution in [3.05, 3.63) is 42.6 Å². The number of hydrogen-bond acceptors (Lipinski definition) is 7. The van der Waals surface area contributed by atoms with Gasteiger partial charge in [0.2, 0.25) is 0 Å². The van der Waals surface area contributed by atoms with Gasteiger partial charge >= 0.3 is 11.6 Å². The number of aliphatic carboxylic acids is 1. The molecule has 0 aromatic carbocycles. The Morgan fingerprint density at radius 1 is 1.18 bits per heavy atom. The van der Waals surface area contributed by atoms with Gasteiger partial charge in [0.25, 0.3) is 0 Å². The second kappa shape index (κ2) is 3.54.